The van der Waals surface area contributed by atoms with Gasteiger partial charge in [-0.3, -0.25) is 14.6 Å². The summed E-state index contributed by atoms with van der Waals surface area (Å²) >= 11 is 0. The van der Waals surface area contributed by atoms with Crippen molar-refractivity contribution >= 4 is 28.9 Å². The first-order valence-electron chi connectivity index (χ1n) is 13.1. The summed E-state index contributed by atoms with van der Waals surface area (Å²) in [4.78, 5) is 30.7. The van der Waals surface area contributed by atoms with E-state index in [0.717, 1.165) is 47.9 Å². The van der Waals surface area contributed by atoms with E-state index < -0.39 is 6.04 Å². The van der Waals surface area contributed by atoms with E-state index in [0.29, 0.717) is 36.0 Å². The van der Waals surface area contributed by atoms with Crippen LogP contribution in [0.4, 0.5) is 11.4 Å². The number of nitrogens with two attached hydrogens (primary N) is 2. The molecule has 1 heterocycles. The Hall–Kier alpha value is -4.04. The monoisotopic (exact) mass is 512 g/mol. The second kappa shape index (κ2) is 12.5. The largest absolute Gasteiger partial charge is 0.397 e. The molecule has 1 atom stereocenters. The highest BCUT2D eigenvalue weighted by Gasteiger charge is 2.29. The van der Waals surface area contributed by atoms with Crippen molar-refractivity contribution in [1.82, 2.24) is 10.3 Å². The number of carbonyl (C=O) groups excluding carboxylic acids is 2. The third-order valence-electron chi connectivity index (χ3n) is 7.26. The van der Waals surface area contributed by atoms with Crippen molar-refractivity contribution in [3.8, 4) is 11.1 Å². The van der Waals surface area contributed by atoms with Crippen LogP contribution in [-0.4, -0.2) is 35.1 Å². The molecular weight excluding hydrogens is 476 g/mol. The van der Waals surface area contributed by atoms with E-state index in [4.69, 9.17) is 16.9 Å². The molecule has 2 amide bonds. The number of aromatic nitrogens is 1. The molecule has 38 heavy (non-hydrogen) atoms. The van der Waals surface area contributed by atoms with Gasteiger partial charge in [-0.25, -0.2) is 0 Å². The highest BCUT2D eigenvalue weighted by Crippen LogP contribution is 2.28. The first-order chi connectivity index (χ1) is 18.3. The Kier molecular flexibility index (Phi) is 8.86. The van der Waals surface area contributed by atoms with E-state index >= 15 is 0 Å². The van der Waals surface area contributed by atoms with Crippen molar-refractivity contribution in [2.45, 2.75) is 45.1 Å². The highest BCUT2D eigenvalue weighted by molar-refractivity contribution is 5.99. The van der Waals surface area contributed by atoms with E-state index in [1.165, 1.54) is 0 Å². The first-order valence-corrected chi connectivity index (χ1v) is 13.1. The van der Waals surface area contributed by atoms with Crippen molar-refractivity contribution in [2.24, 2.45) is 17.6 Å². The van der Waals surface area contributed by atoms with Crippen molar-refractivity contribution in [2.75, 3.05) is 17.6 Å². The molecule has 0 unspecified atom stereocenters. The van der Waals surface area contributed by atoms with E-state index in [1.54, 1.807) is 43.6 Å². The summed E-state index contributed by atoms with van der Waals surface area (Å²) in [5, 5.41) is 13.7. The summed E-state index contributed by atoms with van der Waals surface area (Å²) < 4.78 is 0. The van der Waals surface area contributed by atoms with Gasteiger partial charge in [-0.1, -0.05) is 36.4 Å². The van der Waals surface area contributed by atoms with Crippen LogP contribution in [0.5, 0.6) is 0 Å². The number of pyridine rings is 1. The summed E-state index contributed by atoms with van der Waals surface area (Å²) in [6.07, 6.45) is 7.15. The smallest absolute Gasteiger partial charge is 0.247 e. The minimum atomic E-state index is -0.737. The van der Waals surface area contributed by atoms with E-state index in [2.05, 4.69) is 15.6 Å². The van der Waals surface area contributed by atoms with Gasteiger partial charge in [0.2, 0.25) is 11.8 Å². The van der Waals surface area contributed by atoms with Gasteiger partial charge in [0.1, 0.15) is 6.04 Å². The van der Waals surface area contributed by atoms with Crippen LogP contribution in [0.2, 0.25) is 0 Å². The fraction of sp³-hybridized carbons (Fsp3) is 0.333. The number of benzene rings is 2. The van der Waals surface area contributed by atoms with Crippen LogP contribution in [0.15, 0.2) is 67.0 Å². The van der Waals surface area contributed by atoms with Gasteiger partial charge in [0.25, 0.3) is 0 Å². The Morgan fingerprint density at radius 2 is 1.68 bits per heavy atom. The molecule has 8 heteroatoms. The van der Waals surface area contributed by atoms with Gasteiger partial charge >= 0.3 is 0 Å². The van der Waals surface area contributed by atoms with Gasteiger partial charge < -0.3 is 27.5 Å². The molecule has 8 nitrogen and oxygen atoms in total. The van der Waals surface area contributed by atoms with Gasteiger partial charge in [-0.15, -0.1) is 0 Å². The third kappa shape index (κ3) is 7.04. The van der Waals surface area contributed by atoms with Gasteiger partial charge in [-0.05, 0) is 80.0 Å². The lowest BCUT2D eigenvalue weighted by molar-refractivity contribution is -0.130. The van der Waals surface area contributed by atoms with E-state index in [1.807, 2.05) is 30.3 Å². The molecule has 0 bridgehead atoms. The number of rotatable bonds is 9. The molecule has 198 valence electrons. The Balaban J connectivity index is 1.49. The van der Waals surface area contributed by atoms with Crippen LogP contribution in [0.1, 0.15) is 43.7 Å². The lowest BCUT2D eigenvalue weighted by Crippen LogP contribution is -2.48. The molecule has 4 rings (SSSR count). The van der Waals surface area contributed by atoms with Crippen molar-refractivity contribution in [1.29, 1.82) is 5.41 Å². The topological polar surface area (TPSA) is 147 Å². The standard InChI is InChI=1S/C30H36N6O2/c1-19(32)22-10-12-27(13-11-22)35-30(38)28(36-29(37)24-8-4-21(16-31)5-9-24)14-20-2-6-23(7-3-20)25-15-26(33)18-34-17-25/h2-3,6-7,10-13,15,17-18,21,24,28,32H,4-5,8-9,14,16,31,33H2,1H3,(H,35,38)(H,36,37)/t21?,24?,28-/m0/s1. The fourth-order valence-electron chi connectivity index (χ4n) is 4.88. The average molecular weight is 513 g/mol. The van der Waals surface area contributed by atoms with Crippen molar-refractivity contribution < 1.29 is 9.59 Å². The normalized spacial score (nSPS) is 17.8. The van der Waals surface area contributed by atoms with Crippen LogP contribution in [-0.2, 0) is 16.0 Å². The van der Waals surface area contributed by atoms with E-state index in [9.17, 15) is 9.59 Å². The molecule has 0 spiro atoms. The Morgan fingerprint density at radius 3 is 2.29 bits per heavy atom. The number of hydrogen-bond acceptors (Lipinski definition) is 6. The fourth-order valence-corrected chi connectivity index (χ4v) is 4.88. The molecule has 3 aromatic rings. The maximum atomic E-state index is 13.4. The number of hydrogen-bond donors (Lipinski definition) is 5. The summed E-state index contributed by atoms with van der Waals surface area (Å²) in [5.41, 5.74) is 16.9. The van der Waals surface area contributed by atoms with Gasteiger partial charge in [-0.2, -0.15) is 0 Å². The van der Waals surface area contributed by atoms with Crippen LogP contribution in [0.3, 0.4) is 0 Å². The molecule has 1 fully saturated rings. The first kappa shape index (κ1) is 27.0. The second-order valence-corrected chi connectivity index (χ2v) is 10.1. The molecule has 0 radical (unpaired) electrons. The Bertz CT molecular complexity index is 1260. The number of amides is 2. The molecule has 2 aromatic carbocycles. The third-order valence-corrected chi connectivity index (χ3v) is 7.26. The maximum Gasteiger partial charge on any atom is 0.247 e. The van der Waals surface area contributed by atoms with Crippen molar-refractivity contribution in [3.05, 3.63) is 78.1 Å². The van der Waals surface area contributed by atoms with Gasteiger partial charge in [0, 0.05) is 41.7 Å². The summed E-state index contributed by atoms with van der Waals surface area (Å²) in [6, 6.07) is 16.1. The minimum Gasteiger partial charge on any atom is -0.397 e. The van der Waals surface area contributed by atoms with Gasteiger partial charge in [0.05, 0.1) is 5.69 Å². The zero-order valence-corrected chi connectivity index (χ0v) is 21.7. The number of carbonyl (C=O) groups is 2. The highest BCUT2D eigenvalue weighted by atomic mass is 16.2. The Morgan fingerprint density at radius 1 is 1.00 bits per heavy atom. The van der Waals surface area contributed by atoms with Crippen LogP contribution in [0, 0.1) is 17.2 Å². The van der Waals surface area contributed by atoms with E-state index in [-0.39, 0.29) is 17.7 Å². The second-order valence-electron chi connectivity index (χ2n) is 10.1. The number of nitrogens with one attached hydrogen (secondary N) is 3. The predicted molar refractivity (Wildman–Crippen MR) is 152 cm³/mol. The van der Waals surface area contributed by atoms with Crippen LogP contribution < -0.4 is 22.1 Å². The molecule has 1 aliphatic rings. The predicted octanol–water partition coefficient (Wildman–Crippen LogP) is 4.15. The number of nitrogen functional groups attached to an aromatic ring is 1. The van der Waals surface area contributed by atoms with Crippen LogP contribution >= 0.6 is 0 Å². The molecular formula is C30H36N6O2. The lowest BCUT2D eigenvalue weighted by atomic mass is 9.81. The summed E-state index contributed by atoms with van der Waals surface area (Å²) in [6.45, 7) is 2.37. The summed E-state index contributed by atoms with van der Waals surface area (Å²) in [5.74, 6) is -0.00366. The molecule has 1 saturated carbocycles. The quantitative estimate of drug-likeness (QED) is 0.273. The average Bonchev–Trinajstić information content (AvgIpc) is 2.93. The molecule has 0 saturated heterocycles. The minimum absolute atomic E-state index is 0.0853. The molecule has 1 aliphatic carbocycles. The SMILES string of the molecule is CC(=N)c1ccc(NC(=O)[C@H](Cc2ccc(-c3cncc(N)c3)cc2)NC(=O)C2CCC(CN)CC2)cc1. The lowest BCUT2D eigenvalue weighted by Gasteiger charge is -2.28. The zero-order valence-electron chi connectivity index (χ0n) is 21.7. The summed E-state index contributed by atoms with van der Waals surface area (Å²) in [7, 11) is 0. The van der Waals surface area contributed by atoms with Gasteiger partial charge in [0.15, 0.2) is 0 Å². The zero-order chi connectivity index (χ0) is 27.1. The number of anilines is 2. The number of nitrogens with zero attached hydrogens (tertiary/aromatic N) is 1. The maximum absolute atomic E-state index is 13.4. The molecule has 1 aromatic heterocycles. The molecule has 0 aliphatic heterocycles. The molecule has 7 N–H and O–H groups in total. The van der Waals surface area contributed by atoms with Crippen LogP contribution in [0.25, 0.3) is 11.1 Å². The Labute approximate surface area is 223 Å². The van der Waals surface area contributed by atoms with Crippen molar-refractivity contribution in [3.63, 3.8) is 0 Å².